The maximum Gasteiger partial charge on any atom is 0.159 e. The highest BCUT2D eigenvalue weighted by Gasteiger charge is 2.25. The number of ether oxygens (including phenoxy) is 1. The molecular weight excluding hydrogens is 274 g/mol. The predicted molar refractivity (Wildman–Crippen MR) is 81.1 cm³/mol. The van der Waals surface area contributed by atoms with Crippen molar-refractivity contribution in [2.24, 2.45) is 5.73 Å². The van der Waals surface area contributed by atoms with E-state index >= 15 is 0 Å². The van der Waals surface area contributed by atoms with Gasteiger partial charge in [-0.25, -0.2) is 8.78 Å². The third-order valence-corrected chi connectivity index (χ3v) is 3.92. The minimum absolute atomic E-state index is 0.139. The van der Waals surface area contributed by atoms with Crippen molar-refractivity contribution in [3.8, 4) is 0 Å². The number of halogens is 2. The highest BCUT2D eigenvalue weighted by Crippen LogP contribution is 2.25. The van der Waals surface area contributed by atoms with Crippen molar-refractivity contribution in [2.75, 3.05) is 26.8 Å². The minimum Gasteiger partial charge on any atom is -0.383 e. The largest absolute Gasteiger partial charge is 0.383 e. The summed E-state index contributed by atoms with van der Waals surface area (Å²) >= 11 is 0. The average molecular weight is 300 g/mol. The van der Waals surface area contributed by atoms with Gasteiger partial charge in [-0.2, -0.15) is 0 Å². The van der Waals surface area contributed by atoms with Crippen LogP contribution in [0, 0.1) is 11.6 Å². The van der Waals surface area contributed by atoms with Gasteiger partial charge in [0, 0.05) is 32.3 Å². The number of nitrogens with two attached hydrogens (primary N) is 1. The maximum absolute atomic E-state index is 13.5. The van der Waals surface area contributed by atoms with Crippen molar-refractivity contribution in [3.63, 3.8) is 0 Å². The van der Waals surface area contributed by atoms with Crippen LogP contribution in [0.2, 0.25) is 0 Å². The van der Waals surface area contributed by atoms with Gasteiger partial charge in [-0.05, 0) is 30.5 Å². The van der Waals surface area contributed by atoms with E-state index in [1.165, 1.54) is 6.07 Å². The van der Waals surface area contributed by atoms with Gasteiger partial charge in [-0.3, -0.25) is 4.90 Å². The molecule has 0 saturated carbocycles. The summed E-state index contributed by atoms with van der Waals surface area (Å²) in [6.45, 7) is 5.88. The number of benzene rings is 1. The molecule has 120 valence electrons. The molecule has 0 saturated heterocycles. The van der Waals surface area contributed by atoms with Gasteiger partial charge in [0.05, 0.1) is 6.61 Å². The van der Waals surface area contributed by atoms with Crippen molar-refractivity contribution in [1.29, 1.82) is 0 Å². The minimum atomic E-state index is -0.833. The van der Waals surface area contributed by atoms with E-state index in [0.29, 0.717) is 31.3 Å². The quantitative estimate of drug-likeness (QED) is 0.761. The Bertz CT molecular complexity index is 425. The van der Waals surface area contributed by atoms with E-state index in [0.717, 1.165) is 18.9 Å². The Hall–Kier alpha value is -1.04. The Kier molecular flexibility index (Phi) is 7.78. The first-order valence-electron chi connectivity index (χ1n) is 7.48. The van der Waals surface area contributed by atoms with Crippen LogP contribution in [0.15, 0.2) is 18.2 Å². The van der Waals surface area contributed by atoms with E-state index in [4.69, 9.17) is 10.5 Å². The Balaban J connectivity index is 3.06. The van der Waals surface area contributed by atoms with Crippen LogP contribution >= 0.6 is 0 Å². The van der Waals surface area contributed by atoms with Crippen LogP contribution in [0.4, 0.5) is 8.78 Å². The lowest BCUT2D eigenvalue weighted by Gasteiger charge is -2.37. The molecule has 5 heteroatoms. The van der Waals surface area contributed by atoms with Gasteiger partial charge in [-0.1, -0.05) is 19.9 Å². The van der Waals surface area contributed by atoms with Gasteiger partial charge in [0.2, 0.25) is 0 Å². The lowest BCUT2D eigenvalue weighted by Crippen LogP contribution is -2.43. The standard InChI is InChI=1S/C16H26F2N2O/c1-4-13(5-2)20(8-9-21-3)16(11-19)12-6-7-14(17)15(18)10-12/h6-7,10,13,16H,4-5,8-9,11,19H2,1-3H3. The maximum atomic E-state index is 13.5. The zero-order valence-electron chi connectivity index (χ0n) is 13.1. The van der Waals surface area contributed by atoms with E-state index in [-0.39, 0.29) is 6.04 Å². The number of methoxy groups -OCH3 is 1. The molecule has 1 unspecified atom stereocenters. The van der Waals surface area contributed by atoms with Gasteiger partial charge in [0.25, 0.3) is 0 Å². The van der Waals surface area contributed by atoms with Crippen molar-refractivity contribution in [2.45, 2.75) is 38.8 Å². The molecule has 2 N–H and O–H groups in total. The van der Waals surface area contributed by atoms with Crippen molar-refractivity contribution < 1.29 is 13.5 Å². The van der Waals surface area contributed by atoms with Crippen molar-refractivity contribution >= 4 is 0 Å². The van der Waals surface area contributed by atoms with Crippen LogP contribution in [0.5, 0.6) is 0 Å². The molecule has 0 aromatic heterocycles. The summed E-state index contributed by atoms with van der Waals surface area (Å²) in [5.74, 6) is -1.66. The van der Waals surface area contributed by atoms with Crippen LogP contribution in [0.1, 0.15) is 38.3 Å². The van der Waals surface area contributed by atoms with Crippen molar-refractivity contribution in [3.05, 3.63) is 35.4 Å². The monoisotopic (exact) mass is 300 g/mol. The Morgan fingerprint density at radius 3 is 2.33 bits per heavy atom. The molecule has 21 heavy (non-hydrogen) atoms. The van der Waals surface area contributed by atoms with E-state index in [9.17, 15) is 8.78 Å². The normalized spacial score (nSPS) is 13.1. The molecule has 0 fully saturated rings. The Morgan fingerprint density at radius 2 is 1.86 bits per heavy atom. The number of hydrogen-bond acceptors (Lipinski definition) is 3. The summed E-state index contributed by atoms with van der Waals surface area (Å²) in [5, 5.41) is 0. The van der Waals surface area contributed by atoms with Crippen LogP contribution in [-0.2, 0) is 4.74 Å². The number of rotatable bonds is 9. The topological polar surface area (TPSA) is 38.5 Å². The van der Waals surface area contributed by atoms with E-state index in [2.05, 4.69) is 18.7 Å². The third-order valence-electron chi connectivity index (χ3n) is 3.92. The molecule has 1 atom stereocenters. The van der Waals surface area contributed by atoms with E-state index < -0.39 is 11.6 Å². The smallest absolute Gasteiger partial charge is 0.159 e. The van der Waals surface area contributed by atoms with Crippen LogP contribution < -0.4 is 5.73 Å². The van der Waals surface area contributed by atoms with Gasteiger partial charge >= 0.3 is 0 Å². The summed E-state index contributed by atoms with van der Waals surface area (Å²) in [4.78, 5) is 2.23. The molecule has 1 aromatic carbocycles. The summed E-state index contributed by atoms with van der Waals surface area (Å²) in [5.41, 5.74) is 6.62. The van der Waals surface area contributed by atoms with E-state index in [1.807, 2.05) is 0 Å². The van der Waals surface area contributed by atoms with Crippen LogP contribution in [0.25, 0.3) is 0 Å². The highest BCUT2D eigenvalue weighted by atomic mass is 19.2. The zero-order chi connectivity index (χ0) is 15.8. The van der Waals surface area contributed by atoms with Gasteiger partial charge < -0.3 is 10.5 Å². The lowest BCUT2D eigenvalue weighted by atomic mass is 10.0. The van der Waals surface area contributed by atoms with E-state index in [1.54, 1.807) is 13.2 Å². The fourth-order valence-corrected chi connectivity index (χ4v) is 2.73. The SMILES string of the molecule is CCC(CC)N(CCOC)C(CN)c1ccc(F)c(F)c1. The second kappa shape index (κ2) is 9.07. The molecule has 0 aliphatic heterocycles. The second-order valence-corrected chi connectivity index (χ2v) is 5.13. The molecule has 0 bridgehead atoms. The molecule has 0 spiro atoms. The first-order chi connectivity index (χ1) is 10.1. The average Bonchev–Trinajstić information content (AvgIpc) is 2.49. The number of nitrogens with zero attached hydrogens (tertiary/aromatic N) is 1. The highest BCUT2D eigenvalue weighted by molar-refractivity contribution is 5.22. The molecule has 0 amide bonds. The van der Waals surface area contributed by atoms with Crippen LogP contribution in [0.3, 0.4) is 0 Å². The molecule has 0 aliphatic rings. The Labute approximate surface area is 126 Å². The number of hydrogen-bond donors (Lipinski definition) is 1. The molecule has 3 nitrogen and oxygen atoms in total. The zero-order valence-corrected chi connectivity index (χ0v) is 13.1. The third kappa shape index (κ3) is 4.73. The predicted octanol–water partition coefficient (Wildman–Crippen LogP) is 3.10. The Morgan fingerprint density at radius 1 is 1.19 bits per heavy atom. The summed E-state index contributed by atoms with van der Waals surface area (Å²) < 4.78 is 31.8. The summed E-state index contributed by atoms with van der Waals surface area (Å²) in [7, 11) is 1.65. The molecule has 1 aromatic rings. The fraction of sp³-hybridized carbons (Fsp3) is 0.625. The lowest BCUT2D eigenvalue weighted by molar-refractivity contribution is 0.0815. The van der Waals surface area contributed by atoms with Crippen molar-refractivity contribution in [1.82, 2.24) is 4.90 Å². The van der Waals surface area contributed by atoms with Gasteiger partial charge in [0.15, 0.2) is 11.6 Å². The first-order valence-corrected chi connectivity index (χ1v) is 7.48. The van der Waals surface area contributed by atoms with Gasteiger partial charge in [-0.15, -0.1) is 0 Å². The molecule has 0 heterocycles. The molecule has 0 aliphatic carbocycles. The molecule has 0 radical (unpaired) electrons. The molecule has 1 rings (SSSR count). The van der Waals surface area contributed by atoms with Gasteiger partial charge in [0.1, 0.15) is 0 Å². The molecular formula is C16H26F2N2O. The first kappa shape index (κ1) is 18.0. The van der Waals surface area contributed by atoms with Crippen LogP contribution in [-0.4, -0.2) is 37.7 Å². The summed E-state index contributed by atoms with van der Waals surface area (Å²) in [6, 6.07) is 4.21. The fourth-order valence-electron chi connectivity index (χ4n) is 2.73. The summed E-state index contributed by atoms with van der Waals surface area (Å²) in [6.07, 6.45) is 1.95. The second-order valence-electron chi connectivity index (χ2n) is 5.13.